The molecule has 0 atom stereocenters. The summed E-state index contributed by atoms with van der Waals surface area (Å²) in [4.78, 5) is 0. The van der Waals surface area contributed by atoms with Crippen molar-refractivity contribution in [3.63, 3.8) is 0 Å². The van der Waals surface area contributed by atoms with Gasteiger partial charge in [0.1, 0.15) is 5.76 Å². The minimum absolute atomic E-state index is 0.00148. The molecular weight excluding hydrogens is 228 g/mol. The summed E-state index contributed by atoms with van der Waals surface area (Å²) < 4.78 is 31.3. The van der Waals surface area contributed by atoms with Crippen LogP contribution in [0.3, 0.4) is 0 Å². The summed E-state index contributed by atoms with van der Waals surface area (Å²) >= 11 is 0. The largest absolute Gasteiger partial charge is 0.447 e. The molecule has 0 aromatic carbocycles. The molecule has 1 aliphatic rings. The van der Waals surface area contributed by atoms with E-state index in [-0.39, 0.29) is 5.09 Å². The second kappa shape index (κ2) is 4.57. The first-order chi connectivity index (χ1) is 7.62. The molecule has 1 aromatic heterocycles. The zero-order chi connectivity index (χ0) is 11.6. The van der Waals surface area contributed by atoms with E-state index >= 15 is 0 Å². The SMILES string of the molecule is CNCc1ccc(S(=O)(=O)NCC2CC2)o1. The van der Waals surface area contributed by atoms with E-state index in [1.54, 1.807) is 13.1 Å². The molecule has 1 aromatic rings. The van der Waals surface area contributed by atoms with Gasteiger partial charge in [-0.25, -0.2) is 13.1 Å². The van der Waals surface area contributed by atoms with Crippen LogP contribution in [0.1, 0.15) is 18.6 Å². The van der Waals surface area contributed by atoms with Gasteiger partial charge in [0.2, 0.25) is 5.09 Å². The first-order valence-corrected chi connectivity index (χ1v) is 6.83. The van der Waals surface area contributed by atoms with Crippen molar-refractivity contribution in [1.82, 2.24) is 10.0 Å². The van der Waals surface area contributed by atoms with E-state index in [2.05, 4.69) is 10.0 Å². The highest BCUT2D eigenvalue weighted by molar-refractivity contribution is 7.89. The van der Waals surface area contributed by atoms with Crippen molar-refractivity contribution < 1.29 is 12.8 Å². The standard InChI is InChI=1S/C10H16N2O3S/c1-11-7-9-4-5-10(15-9)16(13,14)12-6-8-2-3-8/h4-5,8,11-12H,2-3,6-7H2,1H3. The lowest BCUT2D eigenvalue weighted by Crippen LogP contribution is -2.25. The Morgan fingerprint density at radius 1 is 1.44 bits per heavy atom. The zero-order valence-electron chi connectivity index (χ0n) is 9.19. The molecule has 0 aliphatic heterocycles. The second-order valence-corrected chi connectivity index (χ2v) is 5.74. The maximum Gasteiger partial charge on any atom is 0.273 e. The fourth-order valence-electron chi connectivity index (χ4n) is 1.39. The summed E-state index contributed by atoms with van der Waals surface area (Å²) in [7, 11) is -1.68. The Morgan fingerprint density at radius 3 is 2.81 bits per heavy atom. The Balaban J connectivity index is 2.02. The predicted octanol–water partition coefficient (Wildman–Crippen LogP) is 0.687. The third-order valence-corrected chi connectivity index (χ3v) is 3.81. The fraction of sp³-hybridized carbons (Fsp3) is 0.600. The highest BCUT2D eigenvalue weighted by Crippen LogP contribution is 2.28. The summed E-state index contributed by atoms with van der Waals surface area (Å²) in [5, 5.41) is 2.90. The summed E-state index contributed by atoms with van der Waals surface area (Å²) in [5.74, 6) is 1.14. The van der Waals surface area contributed by atoms with E-state index in [9.17, 15) is 8.42 Å². The lowest BCUT2D eigenvalue weighted by Gasteiger charge is -2.02. The van der Waals surface area contributed by atoms with Crippen LogP contribution in [0.25, 0.3) is 0 Å². The predicted molar refractivity (Wildman–Crippen MR) is 59.4 cm³/mol. The van der Waals surface area contributed by atoms with Gasteiger partial charge in [-0.15, -0.1) is 0 Å². The van der Waals surface area contributed by atoms with Crippen LogP contribution in [-0.2, 0) is 16.6 Å². The molecule has 1 heterocycles. The van der Waals surface area contributed by atoms with Gasteiger partial charge in [0, 0.05) is 6.54 Å². The monoisotopic (exact) mass is 244 g/mol. The van der Waals surface area contributed by atoms with Gasteiger partial charge in [0.15, 0.2) is 0 Å². The van der Waals surface area contributed by atoms with Crippen LogP contribution >= 0.6 is 0 Å². The molecule has 0 bridgehead atoms. The number of rotatable bonds is 6. The van der Waals surface area contributed by atoms with Crippen molar-refractivity contribution in [3.8, 4) is 0 Å². The summed E-state index contributed by atoms with van der Waals surface area (Å²) in [6, 6.07) is 3.16. The quantitative estimate of drug-likeness (QED) is 0.772. The highest BCUT2D eigenvalue weighted by Gasteiger charge is 2.25. The van der Waals surface area contributed by atoms with Crippen molar-refractivity contribution in [1.29, 1.82) is 0 Å². The van der Waals surface area contributed by atoms with Crippen molar-refractivity contribution in [3.05, 3.63) is 17.9 Å². The molecule has 6 heteroatoms. The normalized spacial score (nSPS) is 16.6. The molecule has 2 N–H and O–H groups in total. The van der Waals surface area contributed by atoms with E-state index in [4.69, 9.17) is 4.42 Å². The molecule has 16 heavy (non-hydrogen) atoms. The van der Waals surface area contributed by atoms with Gasteiger partial charge in [0.25, 0.3) is 10.0 Å². The molecule has 1 fully saturated rings. The van der Waals surface area contributed by atoms with Gasteiger partial charge >= 0.3 is 0 Å². The van der Waals surface area contributed by atoms with Crippen molar-refractivity contribution in [2.24, 2.45) is 5.92 Å². The van der Waals surface area contributed by atoms with Crippen LogP contribution in [0.2, 0.25) is 0 Å². The molecule has 0 unspecified atom stereocenters. The van der Waals surface area contributed by atoms with Crippen molar-refractivity contribution >= 4 is 10.0 Å². The summed E-state index contributed by atoms with van der Waals surface area (Å²) in [6.45, 7) is 1.04. The highest BCUT2D eigenvalue weighted by atomic mass is 32.2. The van der Waals surface area contributed by atoms with Crippen LogP contribution < -0.4 is 10.0 Å². The van der Waals surface area contributed by atoms with Gasteiger partial charge in [-0.1, -0.05) is 0 Å². The minimum atomic E-state index is -3.46. The molecule has 0 amide bonds. The number of nitrogens with one attached hydrogen (secondary N) is 2. The molecule has 1 aliphatic carbocycles. The third-order valence-electron chi connectivity index (χ3n) is 2.51. The molecule has 0 radical (unpaired) electrons. The van der Waals surface area contributed by atoms with E-state index in [0.29, 0.717) is 24.8 Å². The first-order valence-electron chi connectivity index (χ1n) is 5.35. The molecule has 0 saturated heterocycles. The number of sulfonamides is 1. The van der Waals surface area contributed by atoms with Crippen LogP contribution in [0.15, 0.2) is 21.6 Å². The van der Waals surface area contributed by atoms with Crippen molar-refractivity contribution in [2.45, 2.75) is 24.5 Å². The topological polar surface area (TPSA) is 71.3 Å². The average Bonchev–Trinajstić information content (AvgIpc) is 2.95. The van der Waals surface area contributed by atoms with Gasteiger partial charge < -0.3 is 9.73 Å². The third kappa shape index (κ3) is 2.84. The number of furan rings is 1. The fourth-order valence-corrected chi connectivity index (χ4v) is 2.45. The van der Waals surface area contributed by atoms with Gasteiger partial charge in [-0.2, -0.15) is 0 Å². The second-order valence-electron chi connectivity index (χ2n) is 4.05. The average molecular weight is 244 g/mol. The lowest BCUT2D eigenvalue weighted by molar-refractivity contribution is 0.404. The summed E-state index contributed by atoms with van der Waals surface area (Å²) in [6.07, 6.45) is 2.23. The van der Waals surface area contributed by atoms with Gasteiger partial charge in [0.05, 0.1) is 6.54 Å². The van der Waals surface area contributed by atoms with Crippen LogP contribution in [0.4, 0.5) is 0 Å². The Labute approximate surface area is 95.3 Å². The van der Waals surface area contributed by atoms with E-state index in [1.165, 1.54) is 6.07 Å². The Bertz CT molecular complexity index is 448. The van der Waals surface area contributed by atoms with Gasteiger partial charge in [-0.05, 0) is 37.9 Å². The van der Waals surface area contributed by atoms with Crippen molar-refractivity contribution in [2.75, 3.05) is 13.6 Å². The molecule has 5 nitrogen and oxygen atoms in total. The van der Waals surface area contributed by atoms with Crippen LogP contribution in [0.5, 0.6) is 0 Å². The molecular formula is C10H16N2O3S. The lowest BCUT2D eigenvalue weighted by atomic mass is 10.4. The van der Waals surface area contributed by atoms with E-state index in [1.807, 2.05) is 0 Å². The Hall–Kier alpha value is -0.850. The minimum Gasteiger partial charge on any atom is -0.447 e. The molecule has 2 rings (SSSR count). The van der Waals surface area contributed by atoms with E-state index in [0.717, 1.165) is 12.8 Å². The number of hydrogen-bond acceptors (Lipinski definition) is 4. The molecule has 90 valence electrons. The van der Waals surface area contributed by atoms with Gasteiger partial charge in [-0.3, -0.25) is 0 Å². The first kappa shape index (κ1) is 11.6. The smallest absolute Gasteiger partial charge is 0.273 e. The molecule has 1 saturated carbocycles. The zero-order valence-corrected chi connectivity index (χ0v) is 10.0. The maximum atomic E-state index is 11.8. The Kier molecular flexibility index (Phi) is 3.32. The maximum absolute atomic E-state index is 11.8. The molecule has 0 spiro atoms. The van der Waals surface area contributed by atoms with E-state index < -0.39 is 10.0 Å². The number of hydrogen-bond donors (Lipinski definition) is 2. The Morgan fingerprint density at radius 2 is 2.19 bits per heavy atom. The van der Waals surface area contributed by atoms with Crippen LogP contribution in [0, 0.1) is 5.92 Å². The summed E-state index contributed by atoms with van der Waals surface area (Å²) in [5.41, 5.74) is 0. The van der Waals surface area contributed by atoms with Crippen LogP contribution in [-0.4, -0.2) is 22.0 Å².